The molecule has 0 radical (unpaired) electrons. The Morgan fingerprint density at radius 2 is 1.53 bits per heavy atom. The number of carbonyl (C=O) groups is 2. The predicted molar refractivity (Wildman–Crippen MR) is 216 cm³/mol. The zero-order valence-corrected chi connectivity index (χ0v) is 36.4. The van der Waals surface area contributed by atoms with Crippen molar-refractivity contribution in [1.29, 1.82) is 0 Å². The van der Waals surface area contributed by atoms with Crippen LogP contribution < -0.4 is 5.32 Å². The van der Waals surface area contributed by atoms with Crippen molar-refractivity contribution in [2.24, 2.45) is 68.5 Å². The Kier molecular flexibility index (Phi) is 10.4. The van der Waals surface area contributed by atoms with E-state index in [-0.39, 0.29) is 62.7 Å². The molecule has 55 heavy (non-hydrogen) atoms. The van der Waals surface area contributed by atoms with Gasteiger partial charge in [0.15, 0.2) is 9.84 Å². The summed E-state index contributed by atoms with van der Waals surface area (Å²) < 4.78 is 30.9. The molecule has 1 aliphatic heterocycles. The predicted octanol–water partition coefficient (Wildman–Crippen LogP) is 7.12. The van der Waals surface area contributed by atoms with Crippen LogP contribution in [0.1, 0.15) is 133 Å². The van der Waals surface area contributed by atoms with Crippen LogP contribution in [0.4, 0.5) is 0 Å². The molecule has 6 saturated carbocycles. The molecule has 7 fully saturated rings. The number of carbonyl (C=O) groups excluding carboxylic acids is 1. The molecule has 312 valence electrons. The van der Waals surface area contributed by atoms with Gasteiger partial charge in [-0.2, -0.15) is 0 Å². The Bertz CT molecular complexity index is 1640. The third-order valence-corrected chi connectivity index (χ3v) is 20.8. The summed E-state index contributed by atoms with van der Waals surface area (Å²) in [6.45, 7) is 26.7. The van der Waals surface area contributed by atoms with E-state index in [0.717, 1.165) is 38.5 Å². The van der Waals surface area contributed by atoms with Crippen LogP contribution in [0.3, 0.4) is 0 Å². The van der Waals surface area contributed by atoms with Crippen molar-refractivity contribution in [2.45, 2.75) is 157 Å². The molecule has 6 aliphatic carbocycles. The van der Waals surface area contributed by atoms with Gasteiger partial charge in [0.25, 0.3) is 0 Å². The number of aliphatic hydroxyl groups is 1. The molecule has 0 spiro atoms. The molecule has 0 aromatic heterocycles. The maximum Gasteiger partial charge on any atom is 0.309 e. The standard InChI is InChI=1S/C45H74N2O7S/c1-27(2)29-13-18-45(46-26-33(28(3)48)47-21-23-55(52,53)24-22-47)20-19-43(9)30(37(29)45)11-12-35-42(8)16-15-36(41(6,7)34(42)14-17-44(35,43)10)54-39(51)32-25-31(38(49)50)40(32,4)5/h28-37,46,48H,1,11-26H2,2-10H3,(H,49,50)/t28-,29-,30+,31-,32+,33?,34-,35+,36-,37+,42-,43+,44+,45-/m0/s1. The maximum absolute atomic E-state index is 13.6. The molecule has 0 bridgehead atoms. The van der Waals surface area contributed by atoms with Crippen molar-refractivity contribution in [3.63, 3.8) is 0 Å². The fourth-order valence-corrected chi connectivity index (χ4v) is 16.8. The van der Waals surface area contributed by atoms with Crippen molar-refractivity contribution >= 4 is 21.8 Å². The summed E-state index contributed by atoms with van der Waals surface area (Å²) in [4.78, 5) is 27.6. The fourth-order valence-electron chi connectivity index (χ4n) is 15.6. The molecule has 3 N–H and O–H groups in total. The van der Waals surface area contributed by atoms with Crippen LogP contribution in [0.5, 0.6) is 0 Å². The fraction of sp³-hybridized carbons (Fsp3) is 0.911. The van der Waals surface area contributed by atoms with Gasteiger partial charge in [0.1, 0.15) is 6.10 Å². The summed E-state index contributed by atoms with van der Waals surface area (Å²) >= 11 is 0. The van der Waals surface area contributed by atoms with Gasteiger partial charge in [-0.3, -0.25) is 14.5 Å². The third kappa shape index (κ3) is 6.33. The van der Waals surface area contributed by atoms with Crippen LogP contribution in [-0.4, -0.2) is 90.4 Å². The van der Waals surface area contributed by atoms with E-state index >= 15 is 0 Å². The first-order chi connectivity index (χ1) is 25.5. The zero-order valence-electron chi connectivity index (χ0n) is 35.6. The first kappa shape index (κ1) is 41.7. The largest absolute Gasteiger partial charge is 0.481 e. The summed E-state index contributed by atoms with van der Waals surface area (Å²) in [6.07, 6.45) is 10.8. The molecule has 1 unspecified atom stereocenters. The first-order valence-corrected chi connectivity index (χ1v) is 23.7. The average molecular weight is 787 g/mol. The first-order valence-electron chi connectivity index (χ1n) is 21.9. The van der Waals surface area contributed by atoms with Crippen molar-refractivity contribution < 1.29 is 33.0 Å². The number of hydrogen-bond acceptors (Lipinski definition) is 8. The van der Waals surface area contributed by atoms with Gasteiger partial charge in [0.2, 0.25) is 0 Å². The van der Waals surface area contributed by atoms with Crippen LogP contribution >= 0.6 is 0 Å². The van der Waals surface area contributed by atoms with E-state index in [1.165, 1.54) is 31.3 Å². The van der Waals surface area contributed by atoms with Gasteiger partial charge in [-0.05, 0) is 136 Å². The number of rotatable bonds is 9. The number of carboxylic acid groups (broad SMARTS) is 1. The van der Waals surface area contributed by atoms with Crippen LogP contribution in [0.2, 0.25) is 0 Å². The molecule has 9 nitrogen and oxygen atoms in total. The Hall–Kier alpha value is -1.49. The van der Waals surface area contributed by atoms with Crippen molar-refractivity contribution in [3.8, 4) is 0 Å². The molecule has 7 rings (SSSR count). The second kappa shape index (κ2) is 13.8. The number of esters is 1. The van der Waals surface area contributed by atoms with Gasteiger partial charge in [-0.1, -0.05) is 60.6 Å². The quantitative estimate of drug-likeness (QED) is 0.165. The van der Waals surface area contributed by atoms with Gasteiger partial charge in [-0.15, -0.1) is 0 Å². The number of carboxylic acids is 1. The highest BCUT2D eigenvalue weighted by Gasteiger charge is 2.71. The normalized spacial score (nSPS) is 46.7. The lowest BCUT2D eigenvalue weighted by molar-refractivity contribution is -0.248. The number of aliphatic hydroxyl groups excluding tert-OH is 1. The number of sulfone groups is 1. The number of allylic oxidation sites excluding steroid dienone is 1. The van der Waals surface area contributed by atoms with Gasteiger partial charge in [-0.25, -0.2) is 8.42 Å². The highest BCUT2D eigenvalue weighted by Crippen LogP contribution is 2.76. The smallest absolute Gasteiger partial charge is 0.309 e. The zero-order chi connectivity index (χ0) is 40.3. The summed E-state index contributed by atoms with van der Waals surface area (Å²) in [6, 6.07) is -0.120. The lowest BCUT2D eigenvalue weighted by atomic mass is 9.32. The second-order valence-electron chi connectivity index (χ2n) is 22.0. The number of aliphatic carboxylic acids is 1. The minimum absolute atomic E-state index is 0.0174. The highest BCUT2D eigenvalue weighted by molar-refractivity contribution is 7.91. The molecule has 0 aromatic rings. The van der Waals surface area contributed by atoms with E-state index in [4.69, 9.17) is 4.74 Å². The van der Waals surface area contributed by atoms with Crippen molar-refractivity contribution in [2.75, 3.05) is 31.1 Å². The summed E-state index contributed by atoms with van der Waals surface area (Å²) in [5, 5.41) is 24.8. The molecule has 14 atom stereocenters. The molecule has 0 aromatic carbocycles. The van der Waals surface area contributed by atoms with E-state index in [1.807, 2.05) is 20.8 Å². The van der Waals surface area contributed by atoms with E-state index < -0.39 is 33.2 Å². The number of nitrogens with one attached hydrogen (secondary N) is 1. The van der Waals surface area contributed by atoms with Crippen molar-refractivity contribution in [1.82, 2.24) is 10.2 Å². The minimum Gasteiger partial charge on any atom is -0.481 e. The molecule has 0 amide bonds. The Balaban J connectivity index is 1.10. The Morgan fingerprint density at radius 1 is 0.855 bits per heavy atom. The summed E-state index contributed by atoms with van der Waals surface area (Å²) in [5.74, 6) is 0.964. The second-order valence-corrected chi connectivity index (χ2v) is 24.3. The van der Waals surface area contributed by atoms with Crippen molar-refractivity contribution in [3.05, 3.63) is 12.2 Å². The summed E-state index contributed by atoms with van der Waals surface area (Å²) in [7, 11) is -3.00. The number of fused-ring (bicyclic) bond motifs is 7. The molecule has 1 saturated heterocycles. The van der Waals surface area contributed by atoms with E-state index in [1.54, 1.807) is 0 Å². The van der Waals surface area contributed by atoms with E-state index in [2.05, 4.69) is 58.3 Å². The van der Waals surface area contributed by atoms with Crippen LogP contribution in [0.15, 0.2) is 12.2 Å². The molecular weight excluding hydrogens is 713 g/mol. The van der Waals surface area contributed by atoms with E-state index in [0.29, 0.717) is 55.6 Å². The van der Waals surface area contributed by atoms with Gasteiger partial charge in [0.05, 0.1) is 29.4 Å². The topological polar surface area (TPSA) is 133 Å². The van der Waals surface area contributed by atoms with Crippen LogP contribution in [-0.2, 0) is 24.2 Å². The minimum atomic E-state index is -3.00. The van der Waals surface area contributed by atoms with Crippen LogP contribution in [0, 0.1) is 68.5 Å². The Morgan fingerprint density at radius 3 is 2.13 bits per heavy atom. The molecular formula is C45H74N2O7S. The van der Waals surface area contributed by atoms with Gasteiger partial charge < -0.3 is 20.3 Å². The van der Waals surface area contributed by atoms with Gasteiger partial charge in [0, 0.05) is 36.6 Å². The number of hydrogen-bond donors (Lipinski definition) is 3. The summed E-state index contributed by atoms with van der Waals surface area (Å²) in [5.41, 5.74) is 1.00. The lowest BCUT2D eigenvalue weighted by Crippen LogP contribution is -2.69. The number of ether oxygens (including phenoxy) is 1. The molecule has 10 heteroatoms. The SMILES string of the molecule is C=C(C)[C@@H]1CC[C@]2(NCC([C@H](C)O)N3CCS(=O)(=O)CC3)CC[C@]3(C)[C@H](CC[C@@H]4[C@@]5(C)CC[C@H](OC(=O)[C@H]6C[C@@H](C(=O)O)C6(C)C)C(C)(C)[C@@H]5CC[C@]43C)[C@@H]12. The molecule has 1 heterocycles. The number of nitrogens with zero attached hydrogens (tertiary/aromatic N) is 1. The molecule has 7 aliphatic rings. The monoisotopic (exact) mass is 787 g/mol. The Labute approximate surface area is 332 Å². The maximum atomic E-state index is 13.6. The lowest BCUT2D eigenvalue weighted by Gasteiger charge is -2.73. The average Bonchev–Trinajstić information content (AvgIpc) is 3.46. The van der Waals surface area contributed by atoms with Gasteiger partial charge >= 0.3 is 11.9 Å². The van der Waals surface area contributed by atoms with E-state index in [9.17, 15) is 28.2 Å². The third-order valence-electron chi connectivity index (χ3n) is 19.2. The van der Waals surface area contributed by atoms with Crippen LogP contribution in [0.25, 0.3) is 0 Å². The highest BCUT2D eigenvalue weighted by atomic mass is 32.2.